The molecule has 0 bridgehead atoms. The molecule has 0 saturated carbocycles. The number of nitrogens with zero attached hydrogens (tertiary/aromatic N) is 4. The number of carbonyl (C=O) groups excluding carboxylic acids is 3. The van der Waals surface area contributed by atoms with E-state index in [2.05, 4.69) is 10.4 Å². The average Bonchev–Trinajstić information content (AvgIpc) is 3.58. The fourth-order valence-electron chi connectivity index (χ4n) is 3.91. The molecule has 1 fully saturated rings. The Balaban J connectivity index is 1.51. The Kier molecular flexibility index (Phi) is 8.38. The van der Waals surface area contributed by atoms with Crippen molar-refractivity contribution >= 4 is 40.9 Å². The second kappa shape index (κ2) is 11.6. The molecular formula is C28H35N5O6S. The SMILES string of the molecule is CC(C)(C)OC(=O)NN(C(=O)c1nc(N2CCN(C(=O)OC(C)(C)C)CC2)cs1)c1cccc(-c2ccco2)c1. The Morgan fingerprint density at radius 3 is 2.30 bits per heavy atom. The third-order valence-electron chi connectivity index (χ3n) is 5.65. The van der Waals surface area contributed by atoms with Crippen LogP contribution in [0.1, 0.15) is 51.3 Å². The lowest BCUT2D eigenvalue weighted by Crippen LogP contribution is -2.50. The van der Waals surface area contributed by atoms with E-state index in [9.17, 15) is 14.4 Å². The van der Waals surface area contributed by atoms with E-state index in [4.69, 9.17) is 13.9 Å². The highest BCUT2D eigenvalue weighted by atomic mass is 32.1. The topological polar surface area (TPSA) is 117 Å². The molecule has 1 aromatic carbocycles. The number of piperazine rings is 1. The lowest BCUT2D eigenvalue weighted by molar-refractivity contribution is 0.0240. The fraction of sp³-hybridized carbons (Fsp3) is 0.429. The molecule has 0 aliphatic carbocycles. The van der Waals surface area contributed by atoms with Crippen LogP contribution in [0.15, 0.2) is 52.5 Å². The van der Waals surface area contributed by atoms with Crippen LogP contribution >= 0.6 is 11.3 Å². The van der Waals surface area contributed by atoms with E-state index >= 15 is 0 Å². The van der Waals surface area contributed by atoms with Crippen LogP contribution in [0.2, 0.25) is 0 Å². The summed E-state index contributed by atoms with van der Waals surface area (Å²) in [6.45, 7) is 12.8. The first-order valence-corrected chi connectivity index (χ1v) is 13.8. The van der Waals surface area contributed by atoms with Crippen molar-refractivity contribution in [1.29, 1.82) is 0 Å². The molecular weight excluding hydrogens is 534 g/mol. The number of amides is 3. The zero-order valence-electron chi connectivity index (χ0n) is 23.6. The summed E-state index contributed by atoms with van der Waals surface area (Å²) < 4.78 is 16.4. The predicted molar refractivity (Wildman–Crippen MR) is 152 cm³/mol. The molecule has 4 rings (SSSR count). The summed E-state index contributed by atoms with van der Waals surface area (Å²) in [5.74, 6) is 0.721. The van der Waals surface area contributed by atoms with Crippen molar-refractivity contribution < 1.29 is 28.3 Å². The number of anilines is 2. The van der Waals surface area contributed by atoms with Gasteiger partial charge in [-0.2, -0.15) is 0 Å². The maximum atomic E-state index is 13.7. The molecule has 3 heterocycles. The minimum Gasteiger partial charge on any atom is -0.464 e. The summed E-state index contributed by atoms with van der Waals surface area (Å²) in [6.07, 6.45) is 0.440. The number of hydrogen-bond donors (Lipinski definition) is 1. The summed E-state index contributed by atoms with van der Waals surface area (Å²) in [7, 11) is 0. The maximum absolute atomic E-state index is 13.7. The van der Waals surface area contributed by atoms with E-state index < -0.39 is 23.2 Å². The van der Waals surface area contributed by atoms with Gasteiger partial charge in [0.25, 0.3) is 0 Å². The van der Waals surface area contributed by atoms with E-state index in [1.165, 1.54) is 11.3 Å². The van der Waals surface area contributed by atoms with Gasteiger partial charge in [-0.15, -0.1) is 11.3 Å². The number of benzene rings is 1. The first kappa shape index (κ1) is 28.9. The molecule has 0 atom stereocenters. The van der Waals surface area contributed by atoms with Crippen LogP contribution in [-0.4, -0.2) is 65.4 Å². The molecule has 3 amide bonds. The number of rotatable bonds is 4. The van der Waals surface area contributed by atoms with E-state index in [1.807, 2.05) is 37.8 Å². The normalized spacial score (nSPS) is 14.1. The van der Waals surface area contributed by atoms with Crippen LogP contribution in [-0.2, 0) is 9.47 Å². The Morgan fingerprint density at radius 1 is 0.975 bits per heavy atom. The minimum absolute atomic E-state index is 0.184. The van der Waals surface area contributed by atoms with Gasteiger partial charge in [0.15, 0.2) is 5.01 Å². The fourth-order valence-corrected chi connectivity index (χ4v) is 4.67. The molecule has 1 N–H and O–H groups in total. The van der Waals surface area contributed by atoms with Crippen molar-refractivity contribution in [2.45, 2.75) is 52.7 Å². The van der Waals surface area contributed by atoms with Gasteiger partial charge in [-0.1, -0.05) is 12.1 Å². The maximum Gasteiger partial charge on any atom is 0.427 e. The number of carbonyl (C=O) groups is 3. The standard InChI is InChI=1S/C28H35N5O6S/c1-27(2,3)38-25(35)30-33(20-10-7-9-19(17-20)21-11-8-16-37-21)24(34)23-29-22(18-40-23)31-12-14-32(15-13-31)26(36)39-28(4,5)6/h7-11,16-18H,12-15H2,1-6H3,(H,30,35). The molecule has 2 aromatic heterocycles. The van der Waals surface area contributed by atoms with Crippen LogP contribution < -0.4 is 15.3 Å². The third-order valence-corrected chi connectivity index (χ3v) is 6.46. The monoisotopic (exact) mass is 569 g/mol. The number of furan rings is 1. The highest BCUT2D eigenvalue weighted by molar-refractivity contribution is 7.12. The second-order valence-electron chi connectivity index (χ2n) is 11.2. The highest BCUT2D eigenvalue weighted by Gasteiger charge is 2.29. The van der Waals surface area contributed by atoms with Crippen LogP contribution in [0.4, 0.5) is 21.1 Å². The van der Waals surface area contributed by atoms with Gasteiger partial charge in [0.2, 0.25) is 0 Å². The number of ether oxygens (including phenoxy) is 2. The van der Waals surface area contributed by atoms with Gasteiger partial charge >= 0.3 is 18.1 Å². The third kappa shape index (κ3) is 7.53. The van der Waals surface area contributed by atoms with Gasteiger partial charge in [-0.05, 0) is 65.8 Å². The first-order chi connectivity index (χ1) is 18.8. The summed E-state index contributed by atoms with van der Waals surface area (Å²) in [5.41, 5.74) is 2.39. The molecule has 12 heteroatoms. The molecule has 40 heavy (non-hydrogen) atoms. The van der Waals surface area contributed by atoms with Crippen molar-refractivity contribution in [1.82, 2.24) is 15.3 Å². The molecule has 1 aliphatic rings. The van der Waals surface area contributed by atoms with Crippen molar-refractivity contribution in [3.63, 3.8) is 0 Å². The summed E-state index contributed by atoms with van der Waals surface area (Å²) in [6, 6.07) is 10.6. The first-order valence-electron chi connectivity index (χ1n) is 13.0. The Bertz CT molecular complexity index is 1330. The van der Waals surface area contributed by atoms with Crippen LogP contribution in [0.3, 0.4) is 0 Å². The Hall–Kier alpha value is -4.06. The Morgan fingerprint density at radius 2 is 1.68 bits per heavy atom. The van der Waals surface area contributed by atoms with Crippen molar-refractivity contribution in [2.75, 3.05) is 36.1 Å². The molecule has 0 radical (unpaired) electrons. The average molecular weight is 570 g/mol. The van der Waals surface area contributed by atoms with E-state index in [-0.39, 0.29) is 11.1 Å². The summed E-state index contributed by atoms with van der Waals surface area (Å²) in [5, 5.41) is 3.11. The summed E-state index contributed by atoms with van der Waals surface area (Å²) >= 11 is 1.17. The van der Waals surface area contributed by atoms with Gasteiger partial charge in [0.05, 0.1) is 12.0 Å². The van der Waals surface area contributed by atoms with Crippen molar-refractivity contribution in [3.05, 3.63) is 53.0 Å². The van der Waals surface area contributed by atoms with E-state index in [1.54, 1.807) is 61.6 Å². The van der Waals surface area contributed by atoms with Crippen LogP contribution in [0.25, 0.3) is 11.3 Å². The lowest BCUT2D eigenvalue weighted by atomic mass is 10.1. The molecule has 0 unspecified atom stereocenters. The molecule has 1 aliphatic heterocycles. The minimum atomic E-state index is -0.778. The smallest absolute Gasteiger partial charge is 0.427 e. The van der Waals surface area contributed by atoms with Gasteiger partial charge in [0, 0.05) is 37.1 Å². The van der Waals surface area contributed by atoms with Crippen molar-refractivity contribution in [2.24, 2.45) is 0 Å². The largest absolute Gasteiger partial charge is 0.464 e. The van der Waals surface area contributed by atoms with E-state index in [0.29, 0.717) is 43.4 Å². The predicted octanol–water partition coefficient (Wildman–Crippen LogP) is 5.55. The van der Waals surface area contributed by atoms with Crippen LogP contribution in [0.5, 0.6) is 0 Å². The number of nitrogens with one attached hydrogen (secondary N) is 1. The van der Waals surface area contributed by atoms with Crippen molar-refractivity contribution in [3.8, 4) is 11.3 Å². The van der Waals surface area contributed by atoms with Gasteiger partial charge in [0.1, 0.15) is 22.8 Å². The molecule has 1 saturated heterocycles. The molecule has 11 nitrogen and oxygen atoms in total. The highest BCUT2D eigenvalue weighted by Crippen LogP contribution is 2.27. The Labute approximate surface area is 237 Å². The second-order valence-corrected chi connectivity index (χ2v) is 12.1. The molecule has 3 aromatic rings. The zero-order chi connectivity index (χ0) is 29.1. The lowest BCUT2D eigenvalue weighted by Gasteiger charge is -2.35. The van der Waals surface area contributed by atoms with E-state index in [0.717, 1.165) is 10.6 Å². The number of thiazole rings is 1. The van der Waals surface area contributed by atoms with Gasteiger partial charge in [-0.3, -0.25) is 4.79 Å². The molecule has 214 valence electrons. The van der Waals surface area contributed by atoms with Crippen LogP contribution in [0, 0.1) is 0 Å². The number of aromatic nitrogens is 1. The number of hydrazine groups is 1. The summed E-state index contributed by atoms with van der Waals surface area (Å²) in [4.78, 5) is 47.1. The van der Waals surface area contributed by atoms with Gasteiger partial charge in [-0.25, -0.2) is 25.0 Å². The molecule has 0 spiro atoms. The quantitative estimate of drug-likeness (QED) is 0.407. The zero-order valence-corrected chi connectivity index (χ0v) is 24.4. The number of hydrogen-bond acceptors (Lipinski definition) is 9. The van der Waals surface area contributed by atoms with Gasteiger partial charge < -0.3 is 23.7 Å².